The summed E-state index contributed by atoms with van der Waals surface area (Å²) in [6, 6.07) is 10.7. The molecule has 2 aliphatic carbocycles. The first-order valence-electron chi connectivity index (χ1n) is 7.54. The molecule has 1 heteroatoms. The molecule has 0 unspecified atom stereocenters. The van der Waals surface area contributed by atoms with E-state index in [2.05, 4.69) is 42.5 Å². The molecule has 0 radical (unpaired) electrons. The van der Waals surface area contributed by atoms with Crippen molar-refractivity contribution in [3.8, 4) is 0 Å². The van der Waals surface area contributed by atoms with E-state index in [0.717, 1.165) is 5.92 Å². The summed E-state index contributed by atoms with van der Waals surface area (Å²) in [5.41, 5.74) is 1.72. The Bertz CT molecular complexity index is 464. The van der Waals surface area contributed by atoms with Crippen LogP contribution in [0, 0.1) is 5.92 Å². The molecule has 0 N–H and O–H groups in total. The summed E-state index contributed by atoms with van der Waals surface area (Å²) < 4.78 is 0. The SMILES string of the molecule is C1=C(Sc2ccccc2)CCC(C2CCCCC2)=C1. The highest BCUT2D eigenvalue weighted by Crippen LogP contribution is 2.38. The highest BCUT2D eigenvalue weighted by atomic mass is 32.2. The fraction of sp³-hybridized carbons (Fsp3) is 0.444. The molecule has 100 valence electrons. The van der Waals surface area contributed by atoms with Gasteiger partial charge >= 0.3 is 0 Å². The van der Waals surface area contributed by atoms with Crippen LogP contribution >= 0.6 is 11.8 Å². The maximum absolute atomic E-state index is 2.42. The lowest BCUT2D eigenvalue weighted by Gasteiger charge is -2.26. The van der Waals surface area contributed by atoms with E-state index < -0.39 is 0 Å². The van der Waals surface area contributed by atoms with E-state index in [1.54, 1.807) is 5.57 Å². The molecule has 0 heterocycles. The first-order valence-corrected chi connectivity index (χ1v) is 8.36. The van der Waals surface area contributed by atoms with Crippen molar-refractivity contribution in [2.45, 2.75) is 49.8 Å². The van der Waals surface area contributed by atoms with E-state index in [0.29, 0.717) is 0 Å². The van der Waals surface area contributed by atoms with Crippen molar-refractivity contribution in [2.24, 2.45) is 5.92 Å². The largest absolute Gasteiger partial charge is 0.0945 e. The van der Waals surface area contributed by atoms with Crippen LogP contribution < -0.4 is 0 Å². The average Bonchev–Trinajstić information content (AvgIpc) is 2.50. The Morgan fingerprint density at radius 1 is 0.842 bits per heavy atom. The van der Waals surface area contributed by atoms with Gasteiger partial charge in [-0.1, -0.05) is 66.9 Å². The number of thioether (sulfide) groups is 1. The van der Waals surface area contributed by atoms with Crippen molar-refractivity contribution >= 4 is 11.8 Å². The summed E-state index contributed by atoms with van der Waals surface area (Å²) >= 11 is 1.93. The minimum Gasteiger partial charge on any atom is -0.0945 e. The summed E-state index contributed by atoms with van der Waals surface area (Å²) in [5.74, 6) is 0.897. The first-order chi connectivity index (χ1) is 9.42. The van der Waals surface area contributed by atoms with Gasteiger partial charge in [0.25, 0.3) is 0 Å². The lowest BCUT2D eigenvalue weighted by atomic mass is 9.81. The third kappa shape index (κ3) is 3.54. The van der Waals surface area contributed by atoms with E-state index >= 15 is 0 Å². The van der Waals surface area contributed by atoms with E-state index in [4.69, 9.17) is 0 Å². The van der Waals surface area contributed by atoms with Crippen molar-refractivity contribution in [1.29, 1.82) is 0 Å². The lowest BCUT2D eigenvalue weighted by molar-refractivity contribution is 0.394. The van der Waals surface area contributed by atoms with Crippen molar-refractivity contribution < 1.29 is 0 Å². The molecule has 1 aromatic rings. The first kappa shape index (κ1) is 13.1. The fourth-order valence-electron chi connectivity index (χ4n) is 3.17. The minimum absolute atomic E-state index is 0.897. The van der Waals surface area contributed by atoms with Crippen LogP contribution in [-0.2, 0) is 0 Å². The topological polar surface area (TPSA) is 0 Å². The summed E-state index contributed by atoms with van der Waals surface area (Å²) in [7, 11) is 0. The molecule has 0 spiro atoms. The summed E-state index contributed by atoms with van der Waals surface area (Å²) in [4.78, 5) is 2.88. The maximum atomic E-state index is 2.42. The highest BCUT2D eigenvalue weighted by Gasteiger charge is 2.19. The van der Waals surface area contributed by atoms with Crippen LogP contribution in [0.4, 0.5) is 0 Å². The average molecular weight is 270 g/mol. The number of rotatable bonds is 3. The number of allylic oxidation sites excluding steroid dienone is 4. The van der Waals surface area contributed by atoms with Gasteiger partial charge in [0.2, 0.25) is 0 Å². The van der Waals surface area contributed by atoms with E-state index in [1.165, 1.54) is 54.7 Å². The van der Waals surface area contributed by atoms with Crippen LogP contribution in [0.5, 0.6) is 0 Å². The zero-order valence-corrected chi connectivity index (χ0v) is 12.3. The fourth-order valence-corrected chi connectivity index (χ4v) is 4.11. The Labute approximate surface area is 121 Å². The molecule has 3 rings (SSSR count). The molecule has 1 aromatic carbocycles. The quantitative estimate of drug-likeness (QED) is 0.652. The van der Waals surface area contributed by atoms with Gasteiger partial charge in [0.15, 0.2) is 0 Å². The summed E-state index contributed by atoms with van der Waals surface area (Å²) in [6.07, 6.45) is 14.5. The van der Waals surface area contributed by atoms with Gasteiger partial charge in [0.05, 0.1) is 0 Å². The molecule has 0 aromatic heterocycles. The second-order valence-corrected chi connectivity index (χ2v) is 6.82. The molecule has 0 atom stereocenters. The van der Waals surface area contributed by atoms with Crippen LogP contribution in [0.1, 0.15) is 44.9 Å². The van der Waals surface area contributed by atoms with Crippen molar-refractivity contribution in [3.63, 3.8) is 0 Å². The number of benzene rings is 1. The Morgan fingerprint density at radius 3 is 2.32 bits per heavy atom. The van der Waals surface area contributed by atoms with Gasteiger partial charge in [-0.3, -0.25) is 0 Å². The third-order valence-corrected chi connectivity index (χ3v) is 5.38. The zero-order chi connectivity index (χ0) is 12.9. The van der Waals surface area contributed by atoms with Crippen molar-refractivity contribution in [3.05, 3.63) is 53.0 Å². The van der Waals surface area contributed by atoms with E-state index in [1.807, 2.05) is 11.8 Å². The Balaban J connectivity index is 1.63. The lowest BCUT2D eigenvalue weighted by Crippen LogP contribution is -2.10. The van der Waals surface area contributed by atoms with Gasteiger partial charge in [-0.15, -0.1) is 0 Å². The van der Waals surface area contributed by atoms with Gasteiger partial charge in [-0.05, 0) is 48.6 Å². The monoisotopic (exact) mass is 270 g/mol. The van der Waals surface area contributed by atoms with Gasteiger partial charge < -0.3 is 0 Å². The van der Waals surface area contributed by atoms with E-state index in [9.17, 15) is 0 Å². The summed E-state index contributed by atoms with van der Waals surface area (Å²) in [5, 5.41) is 0. The highest BCUT2D eigenvalue weighted by molar-refractivity contribution is 8.03. The normalized spacial score (nSPS) is 20.8. The minimum atomic E-state index is 0.897. The molecule has 1 fully saturated rings. The van der Waals surface area contributed by atoms with Gasteiger partial charge in [0.1, 0.15) is 0 Å². The van der Waals surface area contributed by atoms with Gasteiger partial charge in [0, 0.05) is 4.90 Å². The molecular weight excluding hydrogens is 248 g/mol. The summed E-state index contributed by atoms with van der Waals surface area (Å²) in [6.45, 7) is 0. The van der Waals surface area contributed by atoms with Crippen LogP contribution in [-0.4, -0.2) is 0 Å². The van der Waals surface area contributed by atoms with Crippen LogP contribution in [0.15, 0.2) is 57.9 Å². The Hall–Kier alpha value is -0.950. The van der Waals surface area contributed by atoms with Crippen LogP contribution in [0.3, 0.4) is 0 Å². The molecule has 0 saturated heterocycles. The smallest absolute Gasteiger partial charge is 0.0119 e. The molecule has 0 nitrogen and oxygen atoms in total. The molecule has 0 aliphatic heterocycles. The second kappa shape index (κ2) is 6.47. The van der Waals surface area contributed by atoms with Crippen LogP contribution in [0.2, 0.25) is 0 Å². The Kier molecular flexibility index (Phi) is 4.45. The maximum Gasteiger partial charge on any atom is 0.0119 e. The molecular formula is C18H22S. The van der Waals surface area contributed by atoms with Crippen molar-refractivity contribution in [2.75, 3.05) is 0 Å². The van der Waals surface area contributed by atoms with Crippen LogP contribution in [0.25, 0.3) is 0 Å². The molecule has 2 aliphatic rings. The van der Waals surface area contributed by atoms with Gasteiger partial charge in [-0.25, -0.2) is 0 Å². The molecule has 19 heavy (non-hydrogen) atoms. The zero-order valence-electron chi connectivity index (χ0n) is 11.5. The number of hydrogen-bond donors (Lipinski definition) is 0. The molecule has 0 bridgehead atoms. The standard InChI is InChI=1S/C18H22S/c1-3-7-15(8-4-1)16-11-13-18(14-12-16)19-17-9-5-2-6-10-17/h2,5-6,9-11,13,15H,1,3-4,7-8,12,14H2. The predicted molar refractivity (Wildman–Crippen MR) is 84.3 cm³/mol. The Morgan fingerprint density at radius 2 is 1.63 bits per heavy atom. The van der Waals surface area contributed by atoms with Gasteiger partial charge in [-0.2, -0.15) is 0 Å². The van der Waals surface area contributed by atoms with E-state index in [-0.39, 0.29) is 0 Å². The third-order valence-electron chi connectivity index (χ3n) is 4.27. The predicted octanol–water partition coefficient (Wildman–Crippen LogP) is 5.96. The molecule has 1 saturated carbocycles. The van der Waals surface area contributed by atoms with Crippen molar-refractivity contribution in [1.82, 2.24) is 0 Å². The molecule has 0 amide bonds. The second-order valence-electron chi connectivity index (χ2n) is 5.62. The number of hydrogen-bond acceptors (Lipinski definition) is 1.